The standard InChI is InChI=1S/C21H16F3N3O4/c1-2-31-18(29)16-15-17(28)27(14-10-6-9-13(11-14)21(22,23)24)19(30)20(15,26-25-16)12-7-4-3-5-8-12/h3-11,15,26H,2H2,1H3/t15-,20+/m1/s1. The predicted molar refractivity (Wildman–Crippen MR) is 103 cm³/mol. The van der Waals surface area contributed by atoms with Gasteiger partial charge in [0.15, 0.2) is 11.3 Å². The van der Waals surface area contributed by atoms with Gasteiger partial charge in [-0.15, -0.1) is 0 Å². The number of hydrogen-bond donors (Lipinski definition) is 1. The Morgan fingerprint density at radius 1 is 1.16 bits per heavy atom. The number of hydrogen-bond acceptors (Lipinski definition) is 6. The molecule has 0 bridgehead atoms. The molecule has 2 amide bonds. The van der Waals surface area contributed by atoms with Crippen LogP contribution in [0.3, 0.4) is 0 Å². The lowest BCUT2D eigenvalue weighted by Gasteiger charge is -2.26. The van der Waals surface area contributed by atoms with Crippen LogP contribution < -0.4 is 10.3 Å². The molecule has 0 aliphatic carbocycles. The number of nitrogens with zero attached hydrogens (tertiary/aromatic N) is 2. The number of nitrogens with one attached hydrogen (secondary N) is 1. The summed E-state index contributed by atoms with van der Waals surface area (Å²) in [6, 6.07) is 12.0. The Morgan fingerprint density at radius 2 is 1.87 bits per heavy atom. The first-order valence-corrected chi connectivity index (χ1v) is 9.35. The van der Waals surface area contributed by atoms with Crippen molar-refractivity contribution in [3.8, 4) is 0 Å². The lowest BCUT2D eigenvalue weighted by molar-refractivity contribution is -0.138. The van der Waals surface area contributed by atoms with E-state index in [0.717, 1.165) is 18.2 Å². The minimum Gasteiger partial charge on any atom is -0.461 e. The number of carbonyl (C=O) groups is 3. The van der Waals surface area contributed by atoms with Crippen molar-refractivity contribution >= 4 is 29.2 Å². The van der Waals surface area contributed by atoms with E-state index in [1.807, 2.05) is 0 Å². The summed E-state index contributed by atoms with van der Waals surface area (Å²) in [5.74, 6) is -3.98. The van der Waals surface area contributed by atoms with Crippen LogP contribution in [0.5, 0.6) is 0 Å². The first-order chi connectivity index (χ1) is 14.7. The van der Waals surface area contributed by atoms with Gasteiger partial charge in [0.05, 0.1) is 17.9 Å². The Balaban J connectivity index is 1.86. The zero-order valence-electron chi connectivity index (χ0n) is 16.1. The molecule has 2 aliphatic heterocycles. The van der Waals surface area contributed by atoms with Crippen molar-refractivity contribution in [1.82, 2.24) is 5.43 Å². The Bertz CT molecular complexity index is 1100. The zero-order chi connectivity index (χ0) is 22.4. The van der Waals surface area contributed by atoms with Gasteiger partial charge >= 0.3 is 12.1 Å². The summed E-state index contributed by atoms with van der Waals surface area (Å²) < 4.78 is 44.5. The number of ether oxygens (including phenoxy) is 1. The fourth-order valence-electron chi connectivity index (χ4n) is 3.85. The summed E-state index contributed by atoms with van der Waals surface area (Å²) >= 11 is 0. The van der Waals surface area contributed by atoms with Crippen molar-refractivity contribution in [3.63, 3.8) is 0 Å². The largest absolute Gasteiger partial charge is 0.461 e. The molecule has 0 saturated carbocycles. The van der Waals surface area contributed by atoms with Crippen molar-refractivity contribution in [2.75, 3.05) is 11.5 Å². The van der Waals surface area contributed by atoms with Crippen molar-refractivity contribution in [1.29, 1.82) is 0 Å². The maximum absolute atomic E-state index is 13.5. The number of rotatable bonds is 4. The van der Waals surface area contributed by atoms with Crippen molar-refractivity contribution in [3.05, 3.63) is 65.7 Å². The van der Waals surface area contributed by atoms with E-state index < -0.39 is 41.0 Å². The molecular weight excluding hydrogens is 415 g/mol. The molecular formula is C21H16F3N3O4. The van der Waals surface area contributed by atoms with Gasteiger partial charge in [0.1, 0.15) is 5.92 Å². The molecule has 2 aliphatic rings. The van der Waals surface area contributed by atoms with Gasteiger partial charge in [-0.25, -0.2) is 9.69 Å². The van der Waals surface area contributed by atoms with E-state index in [4.69, 9.17) is 4.74 Å². The SMILES string of the molecule is CCOC(=O)C1=NN[C@]2(c3ccccc3)C(=O)N(c3cccc(C(F)(F)F)c3)C(=O)[C@@H]12. The molecule has 4 rings (SSSR count). The number of halogens is 3. The Hall–Kier alpha value is -3.69. The molecule has 0 spiro atoms. The molecule has 0 radical (unpaired) electrons. The van der Waals surface area contributed by atoms with Crippen molar-refractivity contribution < 1.29 is 32.3 Å². The zero-order valence-corrected chi connectivity index (χ0v) is 16.1. The maximum atomic E-state index is 13.5. The second-order valence-corrected chi connectivity index (χ2v) is 6.96. The molecule has 2 heterocycles. The molecule has 1 saturated heterocycles. The molecule has 1 N–H and O–H groups in total. The fourth-order valence-corrected chi connectivity index (χ4v) is 3.85. The van der Waals surface area contributed by atoms with Crippen LogP contribution in [0.1, 0.15) is 18.1 Å². The van der Waals surface area contributed by atoms with E-state index in [1.165, 1.54) is 6.07 Å². The summed E-state index contributed by atoms with van der Waals surface area (Å²) in [5, 5.41) is 3.92. The highest BCUT2D eigenvalue weighted by molar-refractivity contribution is 6.47. The van der Waals surface area contributed by atoms with E-state index in [0.29, 0.717) is 10.5 Å². The second kappa shape index (κ2) is 7.22. The Labute approximate surface area is 174 Å². The first kappa shape index (κ1) is 20.6. The molecule has 31 heavy (non-hydrogen) atoms. The minimum absolute atomic E-state index is 0.0163. The average Bonchev–Trinajstić information content (AvgIpc) is 3.24. The highest BCUT2D eigenvalue weighted by atomic mass is 19.4. The summed E-state index contributed by atoms with van der Waals surface area (Å²) in [7, 11) is 0. The monoisotopic (exact) mass is 431 g/mol. The van der Waals surface area contributed by atoms with E-state index >= 15 is 0 Å². The summed E-state index contributed by atoms with van der Waals surface area (Å²) in [5.41, 5.74) is -0.378. The fraction of sp³-hybridized carbons (Fsp3) is 0.238. The van der Waals surface area contributed by atoms with E-state index in [1.54, 1.807) is 37.3 Å². The van der Waals surface area contributed by atoms with Crippen LogP contribution in [0, 0.1) is 5.92 Å². The van der Waals surface area contributed by atoms with E-state index in [9.17, 15) is 27.6 Å². The number of alkyl halides is 3. The maximum Gasteiger partial charge on any atom is 0.416 e. The molecule has 0 unspecified atom stereocenters. The van der Waals surface area contributed by atoms with Crippen LogP contribution in [-0.2, 0) is 30.8 Å². The number of hydrazone groups is 1. The third-order valence-corrected chi connectivity index (χ3v) is 5.21. The van der Waals surface area contributed by atoms with Gasteiger partial charge < -0.3 is 4.74 Å². The molecule has 0 aromatic heterocycles. The van der Waals surface area contributed by atoms with Gasteiger partial charge in [0, 0.05) is 0 Å². The minimum atomic E-state index is -4.66. The number of amides is 2. The van der Waals surface area contributed by atoms with Crippen LogP contribution in [-0.4, -0.2) is 30.1 Å². The number of esters is 1. The third kappa shape index (κ3) is 3.06. The Kier molecular flexibility index (Phi) is 4.79. The number of imide groups is 1. The normalized spacial score (nSPS) is 22.8. The highest BCUT2D eigenvalue weighted by Gasteiger charge is 2.67. The van der Waals surface area contributed by atoms with Crippen LogP contribution >= 0.6 is 0 Å². The van der Waals surface area contributed by atoms with Gasteiger partial charge in [-0.05, 0) is 30.7 Å². The second-order valence-electron chi connectivity index (χ2n) is 6.96. The van der Waals surface area contributed by atoms with Crippen LogP contribution in [0.4, 0.5) is 18.9 Å². The van der Waals surface area contributed by atoms with Gasteiger partial charge in [-0.3, -0.25) is 15.0 Å². The van der Waals surface area contributed by atoms with Gasteiger partial charge in [-0.1, -0.05) is 36.4 Å². The number of fused-ring (bicyclic) bond motifs is 1. The highest BCUT2D eigenvalue weighted by Crippen LogP contribution is 2.45. The molecule has 10 heteroatoms. The van der Waals surface area contributed by atoms with Gasteiger partial charge in [0.25, 0.3) is 5.91 Å². The molecule has 2 aromatic rings. The molecule has 1 fully saturated rings. The lowest BCUT2D eigenvalue weighted by atomic mass is 9.79. The van der Waals surface area contributed by atoms with E-state index in [2.05, 4.69) is 10.5 Å². The first-order valence-electron chi connectivity index (χ1n) is 9.35. The van der Waals surface area contributed by atoms with Gasteiger partial charge in [-0.2, -0.15) is 18.3 Å². The lowest BCUT2D eigenvalue weighted by Crippen LogP contribution is -2.48. The van der Waals surface area contributed by atoms with Crippen LogP contribution in [0.2, 0.25) is 0 Å². The van der Waals surface area contributed by atoms with Gasteiger partial charge in [0.2, 0.25) is 5.91 Å². The number of carbonyl (C=O) groups excluding carboxylic acids is 3. The number of benzene rings is 2. The summed E-state index contributed by atoms with van der Waals surface area (Å²) in [6.45, 7) is 1.59. The van der Waals surface area contributed by atoms with E-state index in [-0.39, 0.29) is 18.0 Å². The van der Waals surface area contributed by atoms with Crippen molar-refractivity contribution in [2.24, 2.45) is 11.0 Å². The smallest absolute Gasteiger partial charge is 0.416 e. The molecule has 2 aromatic carbocycles. The van der Waals surface area contributed by atoms with Crippen LogP contribution in [0.15, 0.2) is 59.7 Å². The predicted octanol–water partition coefficient (Wildman–Crippen LogP) is 2.61. The van der Waals surface area contributed by atoms with Crippen LogP contribution in [0.25, 0.3) is 0 Å². The number of anilines is 1. The molecule has 7 nitrogen and oxygen atoms in total. The van der Waals surface area contributed by atoms with Crippen molar-refractivity contribution in [2.45, 2.75) is 18.6 Å². The Morgan fingerprint density at radius 3 is 2.52 bits per heavy atom. The quantitative estimate of drug-likeness (QED) is 0.594. The summed E-state index contributed by atoms with van der Waals surface area (Å²) in [4.78, 5) is 40.0. The third-order valence-electron chi connectivity index (χ3n) is 5.21. The molecule has 160 valence electrons. The summed E-state index contributed by atoms with van der Waals surface area (Å²) in [6.07, 6.45) is -4.66. The topological polar surface area (TPSA) is 88.1 Å². The molecule has 2 atom stereocenters. The average molecular weight is 431 g/mol.